The fraction of sp³-hybridized carbons (Fsp3) is 0.231. The first-order valence-corrected chi connectivity index (χ1v) is 7.78. The van der Waals surface area contributed by atoms with E-state index in [9.17, 15) is 14.4 Å². The molecular weight excluding hydrogens is 330 g/mol. The molecule has 0 saturated carbocycles. The van der Waals surface area contributed by atoms with Gasteiger partial charge in [-0.05, 0) is 11.6 Å². The van der Waals surface area contributed by atoms with Crippen molar-refractivity contribution in [2.75, 3.05) is 0 Å². The number of hydrogen-bond donors (Lipinski definition) is 3. The van der Waals surface area contributed by atoms with E-state index in [1.54, 1.807) is 18.2 Å². The van der Waals surface area contributed by atoms with Gasteiger partial charge in [0.15, 0.2) is 4.34 Å². The van der Waals surface area contributed by atoms with Gasteiger partial charge >= 0.3 is 17.9 Å². The second-order valence-electron chi connectivity index (χ2n) is 4.36. The Labute approximate surface area is 132 Å². The van der Waals surface area contributed by atoms with Crippen LogP contribution >= 0.6 is 23.1 Å². The average molecular weight is 341 g/mol. The van der Waals surface area contributed by atoms with E-state index in [1.807, 2.05) is 0 Å². The number of aromatic nitrogens is 1. The molecule has 0 radical (unpaired) electrons. The fourth-order valence-corrected chi connectivity index (χ4v) is 4.12. The Morgan fingerprint density at radius 1 is 1.18 bits per heavy atom. The molecule has 2 aromatic rings. The van der Waals surface area contributed by atoms with Crippen LogP contribution in [0.4, 0.5) is 0 Å². The third kappa shape index (κ3) is 3.95. The van der Waals surface area contributed by atoms with Gasteiger partial charge in [0.2, 0.25) is 0 Å². The van der Waals surface area contributed by atoms with Gasteiger partial charge in [0, 0.05) is 0 Å². The largest absolute Gasteiger partial charge is 0.481 e. The van der Waals surface area contributed by atoms with E-state index >= 15 is 0 Å². The first-order valence-electron chi connectivity index (χ1n) is 6.08. The molecule has 1 unspecified atom stereocenters. The van der Waals surface area contributed by atoms with Crippen molar-refractivity contribution in [3.05, 3.63) is 23.8 Å². The highest BCUT2D eigenvalue weighted by Gasteiger charge is 2.24. The maximum absolute atomic E-state index is 11.1. The maximum Gasteiger partial charge on any atom is 0.317 e. The molecule has 1 aromatic carbocycles. The minimum absolute atomic E-state index is 0.152. The quantitative estimate of drug-likeness (QED) is 0.653. The van der Waals surface area contributed by atoms with Crippen LogP contribution in [-0.2, 0) is 20.8 Å². The molecule has 0 aliphatic rings. The minimum atomic E-state index is -1.22. The summed E-state index contributed by atoms with van der Waals surface area (Å²) in [6.07, 6.45) is -0.668. The third-order valence-electron chi connectivity index (χ3n) is 2.70. The predicted octanol–water partition coefficient (Wildman–Crippen LogP) is 1.94. The zero-order valence-electron chi connectivity index (χ0n) is 11.1. The monoisotopic (exact) mass is 341 g/mol. The molecule has 7 nitrogen and oxygen atoms in total. The Balaban J connectivity index is 2.30. The van der Waals surface area contributed by atoms with Gasteiger partial charge in [0.05, 0.1) is 23.1 Å². The number of fused-ring (bicyclic) bond motifs is 1. The number of rotatable bonds is 7. The van der Waals surface area contributed by atoms with Crippen LogP contribution in [0.2, 0.25) is 0 Å². The summed E-state index contributed by atoms with van der Waals surface area (Å²) >= 11 is 2.03. The van der Waals surface area contributed by atoms with E-state index in [1.165, 1.54) is 11.3 Å². The molecule has 0 spiro atoms. The molecule has 3 N–H and O–H groups in total. The van der Waals surface area contributed by atoms with Crippen molar-refractivity contribution in [2.45, 2.75) is 22.4 Å². The van der Waals surface area contributed by atoms with Crippen LogP contribution in [-0.4, -0.2) is 43.5 Å². The maximum atomic E-state index is 11.1. The molecule has 0 fully saturated rings. The van der Waals surface area contributed by atoms with Crippen LogP contribution in [0.3, 0.4) is 0 Å². The summed E-state index contributed by atoms with van der Waals surface area (Å²) in [6.45, 7) is 0. The number of nitrogens with zero attached hydrogens (tertiary/aromatic N) is 1. The number of thioether (sulfide) groups is 1. The van der Waals surface area contributed by atoms with Gasteiger partial charge in [-0.1, -0.05) is 23.9 Å². The first-order chi connectivity index (χ1) is 10.4. The SMILES string of the molecule is O=C(O)Cc1cccc2nc(SC(CC(=O)O)C(=O)O)sc12. The summed E-state index contributed by atoms with van der Waals surface area (Å²) in [7, 11) is 0. The van der Waals surface area contributed by atoms with E-state index in [0.717, 1.165) is 11.8 Å². The molecular formula is C13H11NO6S2. The van der Waals surface area contributed by atoms with Crippen LogP contribution in [0.5, 0.6) is 0 Å². The van der Waals surface area contributed by atoms with Crippen molar-refractivity contribution in [1.29, 1.82) is 0 Å². The number of thiazole rings is 1. The Bertz CT molecular complexity index is 741. The van der Waals surface area contributed by atoms with Crippen molar-refractivity contribution in [1.82, 2.24) is 4.98 Å². The molecule has 9 heteroatoms. The van der Waals surface area contributed by atoms with E-state index < -0.39 is 29.6 Å². The lowest BCUT2D eigenvalue weighted by atomic mass is 10.1. The van der Waals surface area contributed by atoms with Gasteiger partial charge in [-0.2, -0.15) is 0 Å². The normalized spacial score (nSPS) is 12.2. The molecule has 0 aliphatic carbocycles. The average Bonchev–Trinajstić information content (AvgIpc) is 2.80. The number of aliphatic carboxylic acids is 3. The molecule has 2 rings (SSSR count). The van der Waals surface area contributed by atoms with Crippen molar-refractivity contribution in [2.24, 2.45) is 0 Å². The smallest absolute Gasteiger partial charge is 0.317 e. The highest BCUT2D eigenvalue weighted by Crippen LogP contribution is 2.35. The molecule has 1 atom stereocenters. The van der Waals surface area contributed by atoms with Crippen molar-refractivity contribution in [3.63, 3.8) is 0 Å². The summed E-state index contributed by atoms with van der Waals surface area (Å²) in [4.78, 5) is 36.9. The molecule has 22 heavy (non-hydrogen) atoms. The summed E-state index contributed by atoms with van der Waals surface area (Å²) < 4.78 is 1.08. The zero-order chi connectivity index (χ0) is 16.3. The summed E-state index contributed by atoms with van der Waals surface area (Å²) in [5.74, 6) is -3.39. The van der Waals surface area contributed by atoms with Gasteiger partial charge < -0.3 is 15.3 Å². The molecule has 1 heterocycles. The number of carboxylic acids is 3. The van der Waals surface area contributed by atoms with E-state index in [4.69, 9.17) is 15.3 Å². The van der Waals surface area contributed by atoms with E-state index in [-0.39, 0.29) is 6.42 Å². The molecule has 0 saturated heterocycles. The van der Waals surface area contributed by atoms with Gasteiger partial charge in [-0.15, -0.1) is 11.3 Å². The van der Waals surface area contributed by atoms with Crippen molar-refractivity contribution < 1.29 is 29.7 Å². The van der Waals surface area contributed by atoms with Crippen molar-refractivity contribution >= 4 is 51.2 Å². The number of hydrogen-bond acceptors (Lipinski definition) is 6. The summed E-state index contributed by atoms with van der Waals surface area (Å²) in [5.41, 5.74) is 1.17. The Hall–Kier alpha value is -2.13. The van der Waals surface area contributed by atoms with Gasteiger partial charge in [-0.3, -0.25) is 14.4 Å². The lowest BCUT2D eigenvalue weighted by Crippen LogP contribution is -2.20. The van der Waals surface area contributed by atoms with Crippen molar-refractivity contribution in [3.8, 4) is 0 Å². The highest BCUT2D eigenvalue weighted by atomic mass is 32.2. The lowest BCUT2D eigenvalue weighted by Gasteiger charge is -2.06. The van der Waals surface area contributed by atoms with E-state index in [2.05, 4.69) is 4.98 Å². The second kappa shape index (κ2) is 6.75. The topological polar surface area (TPSA) is 125 Å². The molecule has 116 valence electrons. The van der Waals surface area contributed by atoms with Crippen LogP contribution in [0.1, 0.15) is 12.0 Å². The van der Waals surface area contributed by atoms with Gasteiger partial charge in [-0.25, -0.2) is 4.98 Å². The summed E-state index contributed by atoms with van der Waals surface area (Å²) in [6, 6.07) is 5.06. The Morgan fingerprint density at radius 2 is 1.91 bits per heavy atom. The molecule has 0 amide bonds. The highest BCUT2D eigenvalue weighted by molar-refractivity contribution is 8.02. The zero-order valence-corrected chi connectivity index (χ0v) is 12.7. The standard InChI is InChI=1S/C13H11NO6S2/c15-9(16)4-6-2-1-3-7-11(6)22-13(14-7)21-8(12(19)20)5-10(17)18/h1-3,8H,4-5H2,(H,15,16)(H,17,18)(H,19,20). The summed E-state index contributed by atoms with van der Waals surface area (Å²) in [5, 5.41) is 25.5. The number of benzene rings is 1. The number of carboxylic acid groups (broad SMARTS) is 3. The molecule has 1 aromatic heterocycles. The van der Waals surface area contributed by atoms with Crippen LogP contribution in [0.25, 0.3) is 10.2 Å². The van der Waals surface area contributed by atoms with E-state index in [0.29, 0.717) is 20.1 Å². The van der Waals surface area contributed by atoms with Gasteiger partial charge in [0.25, 0.3) is 0 Å². The fourth-order valence-electron chi connectivity index (χ4n) is 1.80. The van der Waals surface area contributed by atoms with Gasteiger partial charge in [0.1, 0.15) is 5.25 Å². The number of carbonyl (C=O) groups is 3. The van der Waals surface area contributed by atoms with Crippen LogP contribution < -0.4 is 0 Å². The second-order valence-corrected chi connectivity index (χ2v) is 6.81. The van der Waals surface area contributed by atoms with Crippen LogP contribution in [0, 0.1) is 0 Å². The first kappa shape index (κ1) is 16.2. The molecule has 0 aliphatic heterocycles. The Kier molecular flexibility index (Phi) is 4.99. The third-order valence-corrected chi connectivity index (χ3v) is 5.12. The predicted molar refractivity (Wildman–Crippen MR) is 80.5 cm³/mol. The van der Waals surface area contributed by atoms with Crippen LogP contribution in [0.15, 0.2) is 22.5 Å². The lowest BCUT2D eigenvalue weighted by molar-refractivity contribution is -0.142. The minimum Gasteiger partial charge on any atom is -0.481 e. The Morgan fingerprint density at radius 3 is 2.50 bits per heavy atom. The molecule has 0 bridgehead atoms.